The number of halogens is 1. The number of anilines is 1. The molecule has 4 rings (SSSR count). The van der Waals surface area contributed by atoms with Crippen LogP contribution in [0.4, 0.5) is 15.0 Å². The summed E-state index contributed by atoms with van der Waals surface area (Å²) in [6, 6.07) is 0. The fourth-order valence-corrected chi connectivity index (χ4v) is 4.27. The summed E-state index contributed by atoms with van der Waals surface area (Å²) in [5, 5.41) is 0.568. The maximum atomic E-state index is 13.4. The molecule has 0 spiro atoms. The normalized spacial score (nSPS) is 19.4. The van der Waals surface area contributed by atoms with Gasteiger partial charge in [-0.05, 0) is 27.2 Å². The fraction of sp³-hybridized carbons (Fsp3) is 0.526. The van der Waals surface area contributed by atoms with E-state index in [0.717, 1.165) is 4.90 Å². The summed E-state index contributed by atoms with van der Waals surface area (Å²) < 4.78 is 18.7. The third-order valence-electron chi connectivity index (χ3n) is 4.63. The van der Waals surface area contributed by atoms with E-state index in [-0.39, 0.29) is 6.54 Å². The minimum atomic E-state index is -0.832. The van der Waals surface area contributed by atoms with Gasteiger partial charge in [-0.2, -0.15) is 0 Å². The number of rotatable bonds is 2. The van der Waals surface area contributed by atoms with E-state index in [0.29, 0.717) is 53.0 Å². The van der Waals surface area contributed by atoms with Crippen molar-refractivity contribution in [2.45, 2.75) is 45.4 Å². The summed E-state index contributed by atoms with van der Waals surface area (Å²) in [7, 11) is 0. The molecule has 0 bridgehead atoms. The molecule has 2 aromatic rings. The van der Waals surface area contributed by atoms with Crippen LogP contribution in [0.2, 0.25) is 0 Å². The Morgan fingerprint density at radius 2 is 2.07 bits per heavy atom. The number of alkyl halides is 1. The molecular formula is C19H22FN5O3S. The zero-order valence-electron chi connectivity index (χ0n) is 16.5. The number of nitrogens with zero attached hydrogens (tertiary/aromatic N) is 5. The molecule has 0 radical (unpaired) electrons. The van der Waals surface area contributed by atoms with Crippen molar-refractivity contribution in [3.05, 3.63) is 23.0 Å². The Morgan fingerprint density at radius 3 is 2.69 bits per heavy atom. The maximum Gasteiger partial charge on any atom is 0.417 e. The summed E-state index contributed by atoms with van der Waals surface area (Å²) in [5.41, 5.74) is 0.520. The largest absolute Gasteiger partial charge is 0.443 e. The Hall–Kier alpha value is -2.62. The van der Waals surface area contributed by atoms with Gasteiger partial charge in [-0.15, -0.1) is 11.3 Å². The minimum absolute atomic E-state index is 0.230. The number of ether oxygens (including phenoxy) is 1. The molecule has 2 aromatic heterocycles. The van der Waals surface area contributed by atoms with E-state index in [1.54, 1.807) is 33.2 Å². The van der Waals surface area contributed by atoms with E-state index in [1.807, 2.05) is 4.90 Å². The van der Waals surface area contributed by atoms with E-state index >= 15 is 0 Å². The van der Waals surface area contributed by atoms with Crippen LogP contribution in [0.15, 0.2) is 12.4 Å². The number of aromatic nitrogens is 3. The van der Waals surface area contributed by atoms with Gasteiger partial charge in [0.15, 0.2) is 0 Å². The van der Waals surface area contributed by atoms with Gasteiger partial charge in [0.05, 0.1) is 24.6 Å². The Balaban J connectivity index is 1.52. The number of hydrogen-bond acceptors (Lipinski definition) is 8. The van der Waals surface area contributed by atoms with E-state index in [1.165, 1.54) is 11.3 Å². The van der Waals surface area contributed by atoms with Gasteiger partial charge >= 0.3 is 6.09 Å². The average molecular weight is 419 g/mol. The molecule has 0 N–H and O–H groups in total. The number of imide groups is 1. The van der Waals surface area contributed by atoms with Gasteiger partial charge < -0.3 is 9.64 Å². The predicted molar refractivity (Wildman–Crippen MR) is 106 cm³/mol. The lowest BCUT2D eigenvalue weighted by molar-refractivity contribution is 0.0235. The topological polar surface area (TPSA) is 88.5 Å². The van der Waals surface area contributed by atoms with Gasteiger partial charge in [0.2, 0.25) is 0 Å². The molecule has 0 unspecified atom stereocenters. The van der Waals surface area contributed by atoms with Crippen molar-refractivity contribution in [3.63, 3.8) is 0 Å². The zero-order chi connectivity index (χ0) is 20.8. The van der Waals surface area contributed by atoms with Crippen molar-refractivity contribution in [1.29, 1.82) is 0 Å². The molecule has 1 atom stereocenters. The van der Waals surface area contributed by atoms with Crippen LogP contribution in [0.25, 0.3) is 10.7 Å². The molecule has 2 aliphatic rings. The highest BCUT2D eigenvalue weighted by atomic mass is 32.1. The van der Waals surface area contributed by atoms with Crippen molar-refractivity contribution in [2.24, 2.45) is 0 Å². The van der Waals surface area contributed by atoms with E-state index in [9.17, 15) is 14.0 Å². The Bertz CT molecular complexity index is 940. The van der Waals surface area contributed by atoms with Crippen molar-refractivity contribution >= 4 is 29.2 Å². The van der Waals surface area contributed by atoms with E-state index in [4.69, 9.17) is 4.74 Å². The molecule has 2 amide bonds. The molecule has 8 nitrogen and oxygen atoms in total. The first-order chi connectivity index (χ1) is 13.7. The van der Waals surface area contributed by atoms with Crippen LogP contribution >= 0.6 is 11.3 Å². The summed E-state index contributed by atoms with van der Waals surface area (Å²) >= 11 is 1.19. The minimum Gasteiger partial charge on any atom is -0.443 e. The lowest BCUT2D eigenvalue weighted by Gasteiger charge is -2.27. The lowest BCUT2D eigenvalue weighted by atomic mass is 10.1. The van der Waals surface area contributed by atoms with Gasteiger partial charge in [-0.1, -0.05) is 0 Å². The summed E-state index contributed by atoms with van der Waals surface area (Å²) in [6.45, 7) is 6.45. The van der Waals surface area contributed by atoms with Crippen LogP contribution in [-0.2, 0) is 11.2 Å². The summed E-state index contributed by atoms with van der Waals surface area (Å²) in [5.74, 6) is 0.224. The second-order valence-electron chi connectivity index (χ2n) is 8.07. The molecule has 2 aliphatic heterocycles. The van der Waals surface area contributed by atoms with Gasteiger partial charge in [-0.3, -0.25) is 4.79 Å². The predicted octanol–water partition coefficient (Wildman–Crippen LogP) is 3.08. The Morgan fingerprint density at radius 1 is 1.28 bits per heavy atom. The highest BCUT2D eigenvalue weighted by molar-refractivity contribution is 7.17. The molecule has 0 saturated carbocycles. The number of hydrogen-bond donors (Lipinski definition) is 0. The third-order valence-corrected chi connectivity index (χ3v) is 5.74. The molecule has 0 aromatic carbocycles. The van der Waals surface area contributed by atoms with Crippen LogP contribution in [0.3, 0.4) is 0 Å². The highest BCUT2D eigenvalue weighted by Crippen LogP contribution is 2.31. The Labute approximate surface area is 171 Å². The molecule has 1 fully saturated rings. The quantitative estimate of drug-likeness (QED) is 0.739. The molecule has 4 heterocycles. The number of carbonyl (C=O) groups is 2. The molecule has 154 valence electrons. The van der Waals surface area contributed by atoms with Crippen LogP contribution in [-0.4, -0.2) is 63.3 Å². The first-order valence-corrected chi connectivity index (χ1v) is 10.3. The van der Waals surface area contributed by atoms with Crippen molar-refractivity contribution < 1.29 is 18.7 Å². The van der Waals surface area contributed by atoms with Crippen molar-refractivity contribution in [3.8, 4) is 10.7 Å². The van der Waals surface area contributed by atoms with E-state index < -0.39 is 23.8 Å². The maximum absolute atomic E-state index is 13.4. The van der Waals surface area contributed by atoms with Crippen LogP contribution < -0.4 is 4.90 Å². The van der Waals surface area contributed by atoms with Crippen LogP contribution in [0, 0.1) is 0 Å². The smallest absolute Gasteiger partial charge is 0.417 e. The van der Waals surface area contributed by atoms with Gasteiger partial charge in [-0.25, -0.2) is 29.0 Å². The second kappa shape index (κ2) is 7.33. The lowest BCUT2D eigenvalue weighted by Crippen LogP contribution is -2.44. The highest BCUT2D eigenvalue weighted by Gasteiger charge is 2.35. The number of thiazole rings is 1. The monoisotopic (exact) mass is 419 g/mol. The standard InChI is InChI=1S/C19H22FN5O3S/c1-19(2,3)28-18(27)25-7-5-12-15(17(25)26)29-16(23-12)13-8-22-14(9-21-13)24-6-4-11(20)10-24/h8-9,11H,4-7,10H2,1-3H3/t11-/m1/s1. The SMILES string of the molecule is CC(C)(C)OC(=O)N1CCc2nc(-c3cnc(N4CC[C@@H](F)C4)cn3)sc2C1=O. The first-order valence-electron chi connectivity index (χ1n) is 9.47. The van der Waals surface area contributed by atoms with Gasteiger partial charge in [0, 0.05) is 19.5 Å². The van der Waals surface area contributed by atoms with Crippen molar-refractivity contribution in [1.82, 2.24) is 19.9 Å². The number of carbonyl (C=O) groups excluding carboxylic acids is 2. The summed E-state index contributed by atoms with van der Waals surface area (Å²) in [4.78, 5) is 41.8. The van der Waals surface area contributed by atoms with Gasteiger partial charge in [0.25, 0.3) is 5.91 Å². The average Bonchev–Trinajstić information content (AvgIpc) is 3.27. The zero-order valence-corrected chi connectivity index (χ0v) is 17.3. The van der Waals surface area contributed by atoms with Crippen LogP contribution in [0.5, 0.6) is 0 Å². The number of amides is 2. The first kappa shape index (κ1) is 19.7. The molecule has 1 saturated heterocycles. The third kappa shape index (κ3) is 4.07. The molecule has 29 heavy (non-hydrogen) atoms. The summed E-state index contributed by atoms with van der Waals surface area (Å²) in [6.07, 6.45) is 2.67. The molecular weight excluding hydrogens is 397 g/mol. The fourth-order valence-electron chi connectivity index (χ4n) is 3.25. The molecule has 10 heteroatoms. The van der Waals surface area contributed by atoms with E-state index in [2.05, 4.69) is 15.0 Å². The number of fused-ring (bicyclic) bond motifs is 1. The Kier molecular flexibility index (Phi) is 4.97. The molecule has 0 aliphatic carbocycles. The van der Waals surface area contributed by atoms with Crippen LogP contribution in [0.1, 0.15) is 42.6 Å². The van der Waals surface area contributed by atoms with Crippen molar-refractivity contribution in [2.75, 3.05) is 24.5 Å². The second-order valence-corrected chi connectivity index (χ2v) is 9.07. The van der Waals surface area contributed by atoms with Gasteiger partial charge in [0.1, 0.15) is 33.2 Å².